The number of hydrogen-bond donors (Lipinski definition) is 0. The Kier molecular flexibility index (Phi) is 5.68. The van der Waals surface area contributed by atoms with Crippen LogP contribution in [0, 0.1) is 0 Å². The van der Waals surface area contributed by atoms with Gasteiger partial charge >= 0.3 is 0 Å². The molecule has 0 unspecified atom stereocenters. The lowest BCUT2D eigenvalue weighted by Crippen LogP contribution is -2.30. The second-order valence-corrected chi connectivity index (χ2v) is 11.9. The van der Waals surface area contributed by atoms with E-state index in [1.165, 1.54) is 55.8 Å². The number of amides is 1. The number of benzene rings is 2. The van der Waals surface area contributed by atoms with Gasteiger partial charge in [-0.25, -0.2) is 21.1 Å². The van der Waals surface area contributed by atoms with Gasteiger partial charge in [0.1, 0.15) is 5.75 Å². The summed E-state index contributed by atoms with van der Waals surface area (Å²) in [7, 11) is -3.17. The van der Waals surface area contributed by atoms with Crippen molar-refractivity contribution in [2.45, 2.75) is 29.1 Å². The van der Waals surface area contributed by atoms with E-state index in [9.17, 15) is 21.6 Å². The van der Waals surface area contributed by atoms with Crippen molar-refractivity contribution >= 4 is 37.3 Å². The Labute approximate surface area is 188 Å². The fraction of sp³-hybridized carbons (Fsp3) is 0.381. The fourth-order valence-electron chi connectivity index (χ4n) is 4.04. The number of carbonyl (C=O) groups is 1. The van der Waals surface area contributed by atoms with Crippen LogP contribution in [0.15, 0.2) is 46.2 Å². The van der Waals surface area contributed by atoms with E-state index in [1.807, 2.05) is 0 Å². The number of carbonyl (C=O) groups excluding carboxylic acids is 1. The van der Waals surface area contributed by atoms with Crippen LogP contribution in [0.3, 0.4) is 0 Å². The van der Waals surface area contributed by atoms with Crippen LogP contribution in [0.4, 0.5) is 11.4 Å². The molecule has 2 aliphatic rings. The molecule has 1 fully saturated rings. The second-order valence-electron chi connectivity index (χ2n) is 7.89. The maximum atomic E-state index is 13.5. The van der Waals surface area contributed by atoms with E-state index < -0.39 is 20.0 Å². The van der Waals surface area contributed by atoms with Crippen LogP contribution in [0.1, 0.15) is 18.4 Å². The number of sulfonamides is 2. The van der Waals surface area contributed by atoms with Gasteiger partial charge in [0, 0.05) is 33.6 Å². The van der Waals surface area contributed by atoms with Gasteiger partial charge in [0.15, 0.2) is 0 Å². The molecule has 32 heavy (non-hydrogen) atoms. The van der Waals surface area contributed by atoms with E-state index in [4.69, 9.17) is 4.74 Å². The van der Waals surface area contributed by atoms with Gasteiger partial charge < -0.3 is 9.64 Å². The Hall–Kier alpha value is -2.63. The van der Waals surface area contributed by atoms with Crippen LogP contribution in [0.25, 0.3) is 0 Å². The van der Waals surface area contributed by atoms with Gasteiger partial charge in [0.25, 0.3) is 10.0 Å². The summed E-state index contributed by atoms with van der Waals surface area (Å²) < 4.78 is 59.6. The second kappa shape index (κ2) is 8.05. The van der Waals surface area contributed by atoms with Gasteiger partial charge in [-0.3, -0.25) is 9.10 Å². The molecular formula is C21H25N3O6S2. The summed E-state index contributed by atoms with van der Waals surface area (Å²) in [6.45, 7) is 0.710. The summed E-state index contributed by atoms with van der Waals surface area (Å²) >= 11 is 0. The van der Waals surface area contributed by atoms with Gasteiger partial charge in [-0.1, -0.05) is 0 Å². The fourth-order valence-corrected chi connectivity index (χ4v) is 6.52. The van der Waals surface area contributed by atoms with E-state index in [2.05, 4.69) is 0 Å². The third-order valence-corrected chi connectivity index (χ3v) is 9.41. The van der Waals surface area contributed by atoms with Gasteiger partial charge in [0.05, 0.1) is 28.3 Å². The Morgan fingerprint density at radius 2 is 1.62 bits per heavy atom. The maximum Gasteiger partial charge on any atom is 0.264 e. The van der Waals surface area contributed by atoms with E-state index in [0.29, 0.717) is 48.5 Å². The van der Waals surface area contributed by atoms with E-state index in [0.717, 1.165) is 4.31 Å². The van der Waals surface area contributed by atoms with Gasteiger partial charge in [-0.05, 0) is 54.8 Å². The summed E-state index contributed by atoms with van der Waals surface area (Å²) in [5.74, 6) is 0.360. The van der Waals surface area contributed by atoms with Crippen LogP contribution in [-0.4, -0.2) is 61.3 Å². The van der Waals surface area contributed by atoms with Crippen LogP contribution in [0.5, 0.6) is 5.75 Å². The number of hydrogen-bond acceptors (Lipinski definition) is 6. The number of nitrogens with zero attached hydrogens (tertiary/aromatic N) is 3. The first kappa shape index (κ1) is 22.6. The monoisotopic (exact) mass is 479 g/mol. The quantitative estimate of drug-likeness (QED) is 0.626. The van der Waals surface area contributed by atoms with Crippen molar-refractivity contribution in [1.82, 2.24) is 4.31 Å². The topological polar surface area (TPSA) is 104 Å². The van der Waals surface area contributed by atoms with Crippen molar-refractivity contribution in [1.29, 1.82) is 0 Å². The molecule has 2 aromatic carbocycles. The molecule has 0 aromatic heterocycles. The highest BCUT2D eigenvalue weighted by molar-refractivity contribution is 7.92. The van der Waals surface area contributed by atoms with E-state index in [1.54, 1.807) is 11.0 Å². The Balaban J connectivity index is 1.73. The molecule has 1 saturated heterocycles. The first-order valence-corrected chi connectivity index (χ1v) is 13.0. The van der Waals surface area contributed by atoms with Gasteiger partial charge in [-0.2, -0.15) is 0 Å². The Morgan fingerprint density at radius 3 is 2.25 bits per heavy atom. The van der Waals surface area contributed by atoms with Crippen molar-refractivity contribution in [2.24, 2.45) is 0 Å². The molecule has 0 N–H and O–H groups in total. The maximum absolute atomic E-state index is 13.5. The first-order chi connectivity index (χ1) is 15.1. The minimum absolute atomic E-state index is 0.0471. The van der Waals surface area contributed by atoms with Gasteiger partial charge in [-0.15, -0.1) is 0 Å². The molecule has 0 saturated carbocycles. The number of rotatable bonds is 6. The largest absolute Gasteiger partial charge is 0.495 e. The molecule has 9 nitrogen and oxygen atoms in total. The highest BCUT2D eigenvalue weighted by atomic mass is 32.2. The molecule has 2 aromatic rings. The summed E-state index contributed by atoms with van der Waals surface area (Å²) in [6, 6.07) is 8.97. The minimum Gasteiger partial charge on any atom is -0.495 e. The molecule has 0 bridgehead atoms. The molecular weight excluding hydrogens is 454 g/mol. The summed E-state index contributed by atoms with van der Waals surface area (Å²) in [5.41, 5.74) is 1.54. The standard InChI is InChI=1S/C21H25N3O6S2/c1-22(2)31(26,27)16-6-8-18-15(13-16)10-12-24(18)32(28,29)17-7-9-20(30-3)19(14-17)23-11-4-5-21(23)25/h6-9,13-14H,4-5,10-12H2,1-3H3. The third-order valence-electron chi connectivity index (χ3n) is 5.78. The predicted molar refractivity (Wildman–Crippen MR) is 120 cm³/mol. The van der Waals surface area contributed by atoms with Crippen molar-refractivity contribution in [3.05, 3.63) is 42.0 Å². The molecule has 1 amide bonds. The molecule has 0 aliphatic carbocycles. The molecule has 172 valence electrons. The Morgan fingerprint density at radius 1 is 0.906 bits per heavy atom. The smallest absolute Gasteiger partial charge is 0.264 e. The SMILES string of the molecule is COc1ccc(S(=O)(=O)N2CCc3cc(S(=O)(=O)N(C)C)ccc32)cc1N1CCCC1=O. The number of methoxy groups -OCH3 is 1. The zero-order valence-electron chi connectivity index (χ0n) is 18.1. The van der Waals surface area contributed by atoms with Crippen LogP contribution < -0.4 is 13.9 Å². The molecule has 4 rings (SSSR count). The van der Waals surface area contributed by atoms with Crippen molar-refractivity contribution in [2.75, 3.05) is 43.5 Å². The van der Waals surface area contributed by atoms with Crippen LogP contribution in [-0.2, 0) is 31.3 Å². The zero-order valence-corrected chi connectivity index (χ0v) is 19.7. The van der Waals surface area contributed by atoms with Crippen LogP contribution >= 0.6 is 0 Å². The van der Waals surface area contributed by atoms with Crippen molar-refractivity contribution < 1.29 is 26.4 Å². The van der Waals surface area contributed by atoms with E-state index in [-0.39, 0.29) is 22.2 Å². The first-order valence-electron chi connectivity index (χ1n) is 10.1. The molecule has 0 atom stereocenters. The lowest BCUT2D eigenvalue weighted by Gasteiger charge is -2.23. The summed E-state index contributed by atoms with van der Waals surface area (Å²) in [6.07, 6.45) is 1.52. The van der Waals surface area contributed by atoms with Crippen molar-refractivity contribution in [3.63, 3.8) is 0 Å². The minimum atomic E-state index is -3.93. The summed E-state index contributed by atoms with van der Waals surface area (Å²) in [5, 5.41) is 0. The van der Waals surface area contributed by atoms with Gasteiger partial charge in [0.2, 0.25) is 15.9 Å². The normalized spacial score (nSPS) is 16.7. The lowest BCUT2D eigenvalue weighted by molar-refractivity contribution is -0.117. The lowest BCUT2D eigenvalue weighted by atomic mass is 10.2. The molecule has 0 spiro atoms. The van der Waals surface area contributed by atoms with Crippen molar-refractivity contribution in [3.8, 4) is 5.75 Å². The number of fused-ring (bicyclic) bond motifs is 1. The average molecular weight is 480 g/mol. The highest BCUT2D eigenvalue weighted by Gasteiger charge is 2.34. The number of ether oxygens (including phenoxy) is 1. The molecule has 2 aliphatic heterocycles. The van der Waals surface area contributed by atoms with Crippen LogP contribution in [0.2, 0.25) is 0 Å². The zero-order chi connectivity index (χ0) is 23.3. The summed E-state index contributed by atoms with van der Waals surface area (Å²) in [4.78, 5) is 14.0. The predicted octanol–water partition coefficient (Wildman–Crippen LogP) is 1.82. The van der Waals surface area contributed by atoms with E-state index >= 15 is 0 Å². The third kappa shape index (κ3) is 3.63. The number of anilines is 2. The molecule has 2 heterocycles. The average Bonchev–Trinajstić information content (AvgIpc) is 3.38. The Bertz CT molecular complexity index is 1290. The highest BCUT2D eigenvalue weighted by Crippen LogP contribution is 2.38. The molecule has 11 heteroatoms. The molecule has 0 radical (unpaired) electrons.